The summed E-state index contributed by atoms with van der Waals surface area (Å²) in [6.07, 6.45) is 1.32. The van der Waals surface area contributed by atoms with Gasteiger partial charge in [0.25, 0.3) is 0 Å². The third kappa shape index (κ3) is 8.07. The predicted molar refractivity (Wildman–Crippen MR) is 71.6 cm³/mol. The first kappa shape index (κ1) is 17.7. The molecule has 120 valence electrons. The van der Waals surface area contributed by atoms with E-state index in [1.807, 2.05) is 0 Å². The van der Waals surface area contributed by atoms with E-state index in [9.17, 15) is 18.3 Å². The summed E-state index contributed by atoms with van der Waals surface area (Å²) >= 11 is 0. The minimum Gasteiger partial charge on any atom is -0.393 e. The smallest absolute Gasteiger partial charge is 0.393 e. The van der Waals surface area contributed by atoms with Gasteiger partial charge >= 0.3 is 6.18 Å². The van der Waals surface area contributed by atoms with Crippen LogP contribution in [0.4, 0.5) is 13.2 Å². The first-order chi connectivity index (χ1) is 9.38. The fourth-order valence-corrected chi connectivity index (χ4v) is 2.75. The van der Waals surface area contributed by atoms with Crippen LogP contribution in [0.25, 0.3) is 0 Å². The summed E-state index contributed by atoms with van der Waals surface area (Å²) in [6.45, 7) is 2.48. The van der Waals surface area contributed by atoms with E-state index in [0.717, 1.165) is 32.4 Å². The van der Waals surface area contributed by atoms with Gasteiger partial charge in [-0.05, 0) is 39.2 Å². The summed E-state index contributed by atoms with van der Waals surface area (Å²) in [5, 5.41) is 9.54. The van der Waals surface area contributed by atoms with Gasteiger partial charge in [0.05, 0.1) is 6.10 Å². The molecule has 1 rings (SSSR count). The zero-order chi connectivity index (χ0) is 15.0. The van der Waals surface area contributed by atoms with Gasteiger partial charge in [-0.25, -0.2) is 0 Å². The molecule has 0 spiro atoms. The highest BCUT2D eigenvalue weighted by atomic mass is 19.4. The lowest BCUT2D eigenvalue weighted by Gasteiger charge is -2.30. The molecule has 2 unspecified atom stereocenters. The lowest BCUT2D eigenvalue weighted by atomic mass is 10.0. The van der Waals surface area contributed by atoms with Crippen LogP contribution in [0.15, 0.2) is 0 Å². The van der Waals surface area contributed by atoms with E-state index in [1.54, 1.807) is 6.92 Å². The minimum atomic E-state index is -4.24. The van der Waals surface area contributed by atoms with Gasteiger partial charge in [-0.2, -0.15) is 13.2 Å². The van der Waals surface area contributed by atoms with Gasteiger partial charge in [-0.3, -0.25) is 0 Å². The number of halogens is 3. The second-order valence-electron chi connectivity index (χ2n) is 5.65. The maximum Gasteiger partial charge on any atom is 0.411 e. The molecule has 0 amide bonds. The average Bonchev–Trinajstić information content (AvgIpc) is 2.52. The maximum atomic E-state index is 11.9. The molecule has 0 radical (unpaired) electrons. The molecule has 1 aliphatic heterocycles. The molecule has 1 heterocycles. The van der Waals surface area contributed by atoms with Crippen LogP contribution in [0, 0.1) is 0 Å². The first-order valence-corrected chi connectivity index (χ1v) is 7.45. The molecule has 3 nitrogen and oxygen atoms in total. The van der Waals surface area contributed by atoms with Crippen molar-refractivity contribution in [2.24, 2.45) is 0 Å². The second-order valence-corrected chi connectivity index (χ2v) is 5.65. The van der Waals surface area contributed by atoms with E-state index in [1.165, 1.54) is 12.8 Å². The molecule has 0 aromatic heterocycles. The second kappa shape index (κ2) is 8.85. The largest absolute Gasteiger partial charge is 0.411 e. The van der Waals surface area contributed by atoms with Gasteiger partial charge in [0.2, 0.25) is 0 Å². The molecule has 20 heavy (non-hydrogen) atoms. The van der Waals surface area contributed by atoms with E-state index in [4.69, 9.17) is 0 Å². The van der Waals surface area contributed by atoms with Gasteiger partial charge in [-0.1, -0.05) is 12.8 Å². The van der Waals surface area contributed by atoms with Crippen LogP contribution < -0.4 is 0 Å². The van der Waals surface area contributed by atoms with Crippen molar-refractivity contribution in [2.75, 3.05) is 26.3 Å². The standard InChI is InChI=1S/C14H26F3NO2/c1-12(19)10-13-6-3-2-4-7-18(13)8-5-9-20-11-14(15,16)17/h12-13,19H,2-11H2,1H3. The summed E-state index contributed by atoms with van der Waals surface area (Å²) in [7, 11) is 0. The van der Waals surface area contributed by atoms with Crippen molar-refractivity contribution in [3.05, 3.63) is 0 Å². The Balaban J connectivity index is 2.26. The Hall–Kier alpha value is -0.330. The minimum absolute atomic E-state index is 0.136. The molecule has 6 heteroatoms. The summed E-state index contributed by atoms with van der Waals surface area (Å²) in [6, 6.07) is 0.347. The zero-order valence-electron chi connectivity index (χ0n) is 12.2. The summed E-state index contributed by atoms with van der Waals surface area (Å²) in [5.74, 6) is 0. The van der Waals surface area contributed by atoms with Crippen molar-refractivity contribution in [3.63, 3.8) is 0 Å². The lowest BCUT2D eigenvalue weighted by Crippen LogP contribution is -2.38. The van der Waals surface area contributed by atoms with Crippen LogP contribution in [0.2, 0.25) is 0 Å². The van der Waals surface area contributed by atoms with Crippen molar-refractivity contribution >= 4 is 0 Å². The van der Waals surface area contributed by atoms with Crippen molar-refractivity contribution in [2.45, 2.75) is 63.8 Å². The van der Waals surface area contributed by atoms with Crippen LogP contribution in [0.5, 0.6) is 0 Å². The number of aliphatic hydroxyl groups is 1. The van der Waals surface area contributed by atoms with Gasteiger partial charge in [0.15, 0.2) is 0 Å². The van der Waals surface area contributed by atoms with Gasteiger partial charge in [-0.15, -0.1) is 0 Å². The van der Waals surface area contributed by atoms with Crippen LogP contribution >= 0.6 is 0 Å². The van der Waals surface area contributed by atoms with Crippen molar-refractivity contribution in [1.29, 1.82) is 0 Å². The third-order valence-corrected chi connectivity index (χ3v) is 3.61. The molecule has 1 fully saturated rings. The molecule has 0 bridgehead atoms. The highest BCUT2D eigenvalue weighted by Gasteiger charge is 2.27. The average molecular weight is 297 g/mol. The summed E-state index contributed by atoms with van der Waals surface area (Å²) in [4.78, 5) is 2.30. The monoisotopic (exact) mass is 297 g/mol. The first-order valence-electron chi connectivity index (χ1n) is 7.45. The molecule has 0 saturated carbocycles. The van der Waals surface area contributed by atoms with Crippen LogP contribution in [0.3, 0.4) is 0 Å². The third-order valence-electron chi connectivity index (χ3n) is 3.61. The lowest BCUT2D eigenvalue weighted by molar-refractivity contribution is -0.174. The van der Waals surface area contributed by atoms with Gasteiger partial charge < -0.3 is 14.7 Å². The number of likely N-dealkylation sites (tertiary alicyclic amines) is 1. The molecular formula is C14H26F3NO2. The number of aliphatic hydroxyl groups excluding tert-OH is 1. The number of ether oxygens (including phenoxy) is 1. The van der Waals surface area contributed by atoms with Crippen LogP contribution in [-0.4, -0.2) is 54.6 Å². The summed E-state index contributed by atoms with van der Waals surface area (Å²) < 4.78 is 40.4. The molecule has 1 N–H and O–H groups in total. The van der Waals surface area contributed by atoms with Gasteiger partial charge in [0, 0.05) is 19.2 Å². The quantitative estimate of drug-likeness (QED) is 0.733. The molecule has 0 aromatic carbocycles. The Labute approximate surface area is 119 Å². The van der Waals surface area contributed by atoms with E-state index in [0.29, 0.717) is 12.5 Å². The summed E-state index contributed by atoms with van der Waals surface area (Å²) in [5.41, 5.74) is 0. The molecular weight excluding hydrogens is 271 g/mol. The molecule has 2 atom stereocenters. The Kier molecular flexibility index (Phi) is 7.84. The SMILES string of the molecule is CC(O)CC1CCCCCN1CCCOCC(F)(F)F. The zero-order valence-corrected chi connectivity index (χ0v) is 12.2. The number of alkyl halides is 3. The highest BCUT2D eigenvalue weighted by molar-refractivity contribution is 4.77. The Morgan fingerprint density at radius 2 is 2.05 bits per heavy atom. The van der Waals surface area contributed by atoms with Crippen LogP contribution in [0.1, 0.15) is 45.4 Å². The number of hydrogen-bond donors (Lipinski definition) is 1. The van der Waals surface area contributed by atoms with E-state index in [-0.39, 0.29) is 12.7 Å². The van der Waals surface area contributed by atoms with E-state index < -0.39 is 12.8 Å². The maximum absolute atomic E-state index is 11.9. The van der Waals surface area contributed by atoms with Crippen molar-refractivity contribution in [3.8, 4) is 0 Å². The number of hydrogen-bond acceptors (Lipinski definition) is 3. The van der Waals surface area contributed by atoms with E-state index >= 15 is 0 Å². The fraction of sp³-hybridized carbons (Fsp3) is 1.00. The van der Waals surface area contributed by atoms with Gasteiger partial charge in [0.1, 0.15) is 6.61 Å². The highest BCUT2D eigenvalue weighted by Crippen LogP contribution is 2.21. The van der Waals surface area contributed by atoms with Crippen LogP contribution in [-0.2, 0) is 4.74 Å². The predicted octanol–water partition coefficient (Wildman–Crippen LogP) is 2.97. The molecule has 1 saturated heterocycles. The number of rotatable bonds is 7. The molecule has 0 aliphatic carbocycles. The van der Waals surface area contributed by atoms with Crippen molar-refractivity contribution < 1.29 is 23.0 Å². The molecule has 1 aliphatic rings. The topological polar surface area (TPSA) is 32.7 Å². The number of nitrogens with zero attached hydrogens (tertiary/aromatic N) is 1. The Morgan fingerprint density at radius 1 is 1.30 bits per heavy atom. The van der Waals surface area contributed by atoms with E-state index in [2.05, 4.69) is 9.64 Å². The molecule has 0 aromatic rings. The Morgan fingerprint density at radius 3 is 2.70 bits per heavy atom. The normalized spacial score (nSPS) is 23.6. The fourth-order valence-electron chi connectivity index (χ4n) is 2.75. The van der Waals surface area contributed by atoms with Crippen molar-refractivity contribution in [1.82, 2.24) is 4.90 Å². The Bertz CT molecular complexity index is 259.